The number of likely N-dealkylation sites (tertiary alicyclic amines) is 1. The monoisotopic (exact) mass is 266 g/mol. The molecule has 0 saturated carbocycles. The smallest absolute Gasteiger partial charge is 0.225 e. The molecule has 3 nitrogen and oxygen atoms in total. The highest BCUT2D eigenvalue weighted by Gasteiger charge is 2.20. The second kappa shape index (κ2) is 6.21. The van der Waals surface area contributed by atoms with Crippen LogP contribution in [0.1, 0.15) is 26.2 Å². The molecule has 1 aliphatic rings. The maximum atomic E-state index is 11.9. The number of nitrogens with one attached hydrogen (secondary N) is 1. The number of carbonyl (C=O) groups is 1. The topological polar surface area (TPSA) is 32.3 Å². The van der Waals surface area contributed by atoms with Gasteiger partial charge in [-0.05, 0) is 57.1 Å². The lowest BCUT2D eigenvalue weighted by Gasteiger charge is -2.23. The minimum absolute atomic E-state index is 0.0664. The summed E-state index contributed by atoms with van der Waals surface area (Å²) < 4.78 is 0. The van der Waals surface area contributed by atoms with Gasteiger partial charge in [-0.15, -0.1) is 0 Å². The lowest BCUT2D eigenvalue weighted by Crippen LogP contribution is -2.33. The first-order chi connectivity index (χ1) is 8.65. The molecule has 1 heterocycles. The van der Waals surface area contributed by atoms with Crippen LogP contribution in [0.25, 0.3) is 0 Å². The Kier molecular flexibility index (Phi) is 4.61. The highest BCUT2D eigenvalue weighted by molar-refractivity contribution is 6.30. The molecule has 1 unspecified atom stereocenters. The van der Waals surface area contributed by atoms with Crippen molar-refractivity contribution < 1.29 is 4.79 Å². The molecule has 1 N–H and O–H groups in total. The summed E-state index contributed by atoms with van der Waals surface area (Å²) in [5.74, 6) is 0.0664. The zero-order valence-electron chi connectivity index (χ0n) is 10.7. The molecule has 18 heavy (non-hydrogen) atoms. The fourth-order valence-electron chi connectivity index (χ4n) is 2.33. The Morgan fingerprint density at radius 2 is 1.94 bits per heavy atom. The van der Waals surface area contributed by atoms with E-state index in [0.29, 0.717) is 17.5 Å². The van der Waals surface area contributed by atoms with Crippen molar-refractivity contribution in [1.29, 1.82) is 0 Å². The minimum atomic E-state index is 0.0664. The van der Waals surface area contributed by atoms with Gasteiger partial charge in [0.2, 0.25) is 5.91 Å². The first kappa shape index (κ1) is 13.4. The third kappa shape index (κ3) is 3.72. The average Bonchev–Trinajstić information content (AvgIpc) is 2.85. The second-order valence-corrected chi connectivity index (χ2v) is 5.29. The van der Waals surface area contributed by atoms with E-state index in [9.17, 15) is 4.79 Å². The molecule has 1 aromatic carbocycles. The zero-order valence-corrected chi connectivity index (χ0v) is 11.4. The number of halogens is 1. The van der Waals surface area contributed by atoms with Crippen molar-refractivity contribution in [3.63, 3.8) is 0 Å². The van der Waals surface area contributed by atoms with Gasteiger partial charge in [0.1, 0.15) is 0 Å². The molecule has 98 valence electrons. The van der Waals surface area contributed by atoms with Crippen molar-refractivity contribution >= 4 is 23.2 Å². The molecule has 1 fully saturated rings. The van der Waals surface area contributed by atoms with Crippen molar-refractivity contribution in [1.82, 2.24) is 4.90 Å². The lowest BCUT2D eigenvalue weighted by atomic mass is 10.2. The van der Waals surface area contributed by atoms with Crippen molar-refractivity contribution in [2.75, 3.05) is 18.4 Å². The van der Waals surface area contributed by atoms with Crippen LogP contribution in [0.2, 0.25) is 5.02 Å². The number of nitrogens with zero attached hydrogens (tertiary/aromatic N) is 1. The van der Waals surface area contributed by atoms with Crippen LogP contribution in [0.4, 0.5) is 5.69 Å². The van der Waals surface area contributed by atoms with Gasteiger partial charge in [-0.25, -0.2) is 0 Å². The summed E-state index contributed by atoms with van der Waals surface area (Å²) in [5, 5.41) is 3.58. The van der Waals surface area contributed by atoms with Crippen LogP contribution in [0, 0.1) is 0 Å². The second-order valence-electron chi connectivity index (χ2n) is 4.85. The van der Waals surface area contributed by atoms with Gasteiger partial charge in [-0.1, -0.05) is 11.6 Å². The van der Waals surface area contributed by atoms with Crippen LogP contribution < -0.4 is 5.32 Å². The molecule has 0 radical (unpaired) electrons. The Bertz CT molecular complexity index is 399. The SMILES string of the molecule is CC(CC(=O)Nc1ccc(Cl)cc1)N1CCCC1. The van der Waals surface area contributed by atoms with Gasteiger partial charge < -0.3 is 10.2 Å². The Morgan fingerprint density at radius 3 is 2.56 bits per heavy atom. The molecule has 1 amide bonds. The molecule has 1 atom stereocenters. The quantitative estimate of drug-likeness (QED) is 0.908. The Balaban J connectivity index is 1.82. The standard InChI is InChI=1S/C14H19ClN2O/c1-11(17-8-2-3-9-17)10-14(18)16-13-6-4-12(15)5-7-13/h4-7,11H,2-3,8-10H2,1H3,(H,16,18). The molecule has 4 heteroatoms. The largest absolute Gasteiger partial charge is 0.326 e. The molecular formula is C14H19ClN2O. The Morgan fingerprint density at radius 1 is 1.33 bits per heavy atom. The van der Waals surface area contributed by atoms with Crippen LogP contribution in [0.3, 0.4) is 0 Å². The van der Waals surface area contributed by atoms with Gasteiger partial charge in [0.15, 0.2) is 0 Å². The van der Waals surface area contributed by atoms with Gasteiger partial charge in [0.25, 0.3) is 0 Å². The van der Waals surface area contributed by atoms with Crippen LogP contribution in [-0.4, -0.2) is 29.9 Å². The van der Waals surface area contributed by atoms with Crippen LogP contribution in [-0.2, 0) is 4.79 Å². The lowest BCUT2D eigenvalue weighted by molar-refractivity contribution is -0.117. The normalized spacial score (nSPS) is 17.7. The maximum absolute atomic E-state index is 11.9. The number of amides is 1. The predicted molar refractivity (Wildman–Crippen MR) is 75.0 cm³/mol. The number of rotatable bonds is 4. The fraction of sp³-hybridized carbons (Fsp3) is 0.500. The van der Waals surface area contributed by atoms with E-state index in [-0.39, 0.29) is 5.91 Å². The van der Waals surface area contributed by atoms with E-state index in [2.05, 4.69) is 17.1 Å². The molecular weight excluding hydrogens is 248 g/mol. The van der Waals surface area contributed by atoms with Crippen molar-refractivity contribution in [3.8, 4) is 0 Å². The van der Waals surface area contributed by atoms with Crippen LogP contribution in [0.5, 0.6) is 0 Å². The van der Waals surface area contributed by atoms with Gasteiger partial charge in [-0.2, -0.15) is 0 Å². The van der Waals surface area contributed by atoms with Crippen LogP contribution >= 0.6 is 11.6 Å². The molecule has 0 bridgehead atoms. The van der Waals surface area contributed by atoms with E-state index in [1.54, 1.807) is 12.1 Å². The average molecular weight is 267 g/mol. The van der Waals surface area contributed by atoms with E-state index in [1.807, 2.05) is 12.1 Å². The molecule has 1 aromatic rings. The van der Waals surface area contributed by atoms with Crippen molar-refractivity contribution in [2.45, 2.75) is 32.2 Å². The first-order valence-corrected chi connectivity index (χ1v) is 6.82. The predicted octanol–water partition coefficient (Wildman–Crippen LogP) is 3.15. The summed E-state index contributed by atoms with van der Waals surface area (Å²) in [6.45, 7) is 4.36. The number of hydrogen-bond acceptors (Lipinski definition) is 2. The van der Waals surface area contributed by atoms with Gasteiger partial charge in [0, 0.05) is 23.2 Å². The highest BCUT2D eigenvalue weighted by atomic mass is 35.5. The number of benzene rings is 1. The fourth-order valence-corrected chi connectivity index (χ4v) is 2.45. The first-order valence-electron chi connectivity index (χ1n) is 6.44. The number of hydrogen-bond donors (Lipinski definition) is 1. The summed E-state index contributed by atoms with van der Waals surface area (Å²) in [5.41, 5.74) is 0.804. The Hall–Kier alpha value is -1.06. The maximum Gasteiger partial charge on any atom is 0.225 e. The van der Waals surface area contributed by atoms with E-state index < -0.39 is 0 Å². The van der Waals surface area contributed by atoms with E-state index in [1.165, 1.54) is 12.8 Å². The van der Waals surface area contributed by atoms with Gasteiger partial charge in [-0.3, -0.25) is 4.79 Å². The van der Waals surface area contributed by atoms with Gasteiger partial charge >= 0.3 is 0 Å². The van der Waals surface area contributed by atoms with Gasteiger partial charge in [0.05, 0.1) is 0 Å². The summed E-state index contributed by atoms with van der Waals surface area (Å²) in [7, 11) is 0. The third-order valence-electron chi connectivity index (χ3n) is 3.37. The zero-order chi connectivity index (χ0) is 13.0. The third-order valence-corrected chi connectivity index (χ3v) is 3.62. The molecule has 2 rings (SSSR count). The highest BCUT2D eigenvalue weighted by Crippen LogP contribution is 2.16. The molecule has 1 saturated heterocycles. The van der Waals surface area contributed by atoms with E-state index >= 15 is 0 Å². The van der Waals surface area contributed by atoms with Crippen LogP contribution in [0.15, 0.2) is 24.3 Å². The molecule has 0 spiro atoms. The number of anilines is 1. The van der Waals surface area contributed by atoms with E-state index in [4.69, 9.17) is 11.6 Å². The minimum Gasteiger partial charge on any atom is -0.326 e. The molecule has 1 aliphatic heterocycles. The summed E-state index contributed by atoms with van der Waals surface area (Å²) in [4.78, 5) is 14.3. The molecule has 0 aromatic heterocycles. The van der Waals surface area contributed by atoms with Crippen molar-refractivity contribution in [3.05, 3.63) is 29.3 Å². The van der Waals surface area contributed by atoms with E-state index in [0.717, 1.165) is 18.8 Å². The number of carbonyl (C=O) groups excluding carboxylic acids is 1. The molecule has 0 aliphatic carbocycles. The Labute approximate surface area is 113 Å². The summed E-state index contributed by atoms with van der Waals surface area (Å²) in [6, 6.07) is 7.52. The summed E-state index contributed by atoms with van der Waals surface area (Å²) >= 11 is 5.80. The summed E-state index contributed by atoms with van der Waals surface area (Å²) in [6.07, 6.45) is 3.05. The van der Waals surface area contributed by atoms with Crippen molar-refractivity contribution in [2.24, 2.45) is 0 Å².